The van der Waals surface area contributed by atoms with Crippen LogP contribution in [-0.4, -0.2) is 25.0 Å². The molecule has 2 rings (SSSR count). The second-order valence-electron chi connectivity index (χ2n) is 5.21. The van der Waals surface area contributed by atoms with Crippen molar-refractivity contribution in [1.29, 1.82) is 0 Å². The van der Waals surface area contributed by atoms with E-state index in [-0.39, 0.29) is 18.2 Å². The topological polar surface area (TPSA) is 76.7 Å². The number of rotatable bonds is 7. The molecular weight excluding hydrogens is 320 g/mol. The van der Waals surface area contributed by atoms with Gasteiger partial charge >= 0.3 is 0 Å². The van der Waals surface area contributed by atoms with Gasteiger partial charge in [-0.25, -0.2) is 0 Å². The number of benzene rings is 2. The van der Waals surface area contributed by atoms with E-state index in [1.807, 2.05) is 38.1 Å². The molecule has 0 radical (unpaired) electrons. The van der Waals surface area contributed by atoms with Crippen molar-refractivity contribution < 1.29 is 19.1 Å². The van der Waals surface area contributed by atoms with Crippen LogP contribution < -0.4 is 20.3 Å². The molecular formula is C19H22N2O4. The lowest BCUT2D eigenvalue weighted by molar-refractivity contribution is -0.121. The summed E-state index contributed by atoms with van der Waals surface area (Å²) in [6.07, 6.45) is 0.163. The average molecular weight is 342 g/mol. The summed E-state index contributed by atoms with van der Waals surface area (Å²) in [5.41, 5.74) is 6.07. The number of amides is 2. The minimum atomic E-state index is -0.386. The van der Waals surface area contributed by atoms with Gasteiger partial charge in [-0.15, -0.1) is 0 Å². The molecule has 0 saturated heterocycles. The van der Waals surface area contributed by atoms with E-state index in [9.17, 15) is 9.59 Å². The highest BCUT2D eigenvalue weighted by molar-refractivity contribution is 5.95. The summed E-state index contributed by atoms with van der Waals surface area (Å²) < 4.78 is 10.7. The molecule has 132 valence electrons. The summed E-state index contributed by atoms with van der Waals surface area (Å²) in [6, 6.07) is 13.9. The van der Waals surface area contributed by atoms with Crippen LogP contribution in [0, 0.1) is 0 Å². The Balaban J connectivity index is 1.81. The van der Waals surface area contributed by atoms with Crippen LogP contribution in [0.5, 0.6) is 11.5 Å². The van der Waals surface area contributed by atoms with Gasteiger partial charge in [0.15, 0.2) is 0 Å². The first-order chi connectivity index (χ1) is 12.1. The SMILES string of the molecule is CCOc1ccc(CC(=O)NNC(=O)c2ccc(OCC)cc2)cc1. The fourth-order valence-corrected chi connectivity index (χ4v) is 2.17. The quantitative estimate of drug-likeness (QED) is 0.758. The average Bonchev–Trinajstić information content (AvgIpc) is 2.62. The molecule has 6 heteroatoms. The Hall–Kier alpha value is -3.02. The maximum absolute atomic E-state index is 12.0. The Morgan fingerprint density at radius 3 is 1.84 bits per heavy atom. The molecule has 6 nitrogen and oxygen atoms in total. The minimum absolute atomic E-state index is 0.163. The van der Waals surface area contributed by atoms with Crippen molar-refractivity contribution in [3.63, 3.8) is 0 Å². The summed E-state index contributed by atoms with van der Waals surface area (Å²) in [7, 11) is 0. The highest BCUT2D eigenvalue weighted by Crippen LogP contribution is 2.13. The maximum Gasteiger partial charge on any atom is 0.269 e. The third kappa shape index (κ3) is 5.84. The van der Waals surface area contributed by atoms with Crippen LogP contribution in [0.25, 0.3) is 0 Å². The fourth-order valence-electron chi connectivity index (χ4n) is 2.17. The summed E-state index contributed by atoms with van der Waals surface area (Å²) in [6.45, 7) is 4.96. The van der Waals surface area contributed by atoms with Crippen LogP contribution >= 0.6 is 0 Å². The third-order valence-corrected chi connectivity index (χ3v) is 3.34. The highest BCUT2D eigenvalue weighted by Gasteiger charge is 2.08. The van der Waals surface area contributed by atoms with E-state index in [4.69, 9.17) is 9.47 Å². The smallest absolute Gasteiger partial charge is 0.269 e. The van der Waals surface area contributed by atoms with Crippen molar-refractivity contribution in [3.05, 3.63) is 59.7 Å². The lowest BCUT2D eigenvalue weighted by Crippen LogP contribution is -2.42. The molecule has 0 bridgehead atoms. The van der Waals surface area contributed by atoms with Gasteiger partial charge in [0.1, 0.15) is 11.5 Å². The van der Waals surface area contributed by atoms with Gasteiger partial charge in [0, 0.05) is 5.56 Å². The number of carbonyl (C=O) groups excluding carboxylic acids is 2. The summed E-state index contributed by atoms with van der Waals surface area (Å²) >= 11 is 0. The lowest BCUT2D eigenvalue weighted by atomic mass is 10.1. The second kappa shape index (κ2) is 9.32. The van der Waals surface area contributed by atoms with Crippen molar-refractivity contribution in [2.24, 2.45) is 0 Å². The van der Waals surface area contributed by atoms with Gasteiger partial charge < -0.3 is 9.47 Å². The van der Waals surface area contributed by atoms with Gasteiger partial charge in [-0.3, -0.25) is 20.4 Å². The molecule has 0 heterocycles. The predicted octanol–water partition coefficient (Wildman–Crippen LogP) is 2.49. The number of hydrogen-bond donors (Lipinski definition) is 2. The van der Waals surface area contributed by atoms with Gasteiger partial charge in [0.25, 0.3) is 5.91 Å². The molecule has 2 amide bonds. The molecule has 2 aromatic rings. The number of nitrogens with one attached hydrogen (secondary N) is 2. The summed E-state index contributed by atoms with van der Waals surface area (Å²) in [5, 5.41) is 0. The van der Waals surface area contributed by atoms with Gasteiger partial charge in [-0.1, -0.05) is 12.1 Å². The Morgan fingerprint density at radius 1 is 0.800 bits per heavy atom. The third-order valence-electron chi connectivity index (χ3n) is 3.34. The fraction of sp³-hybridized carbons (Fsp3) is 0.263. The van der Waals surface area contributed by atoms with Crippen molar-refractivity contribution in [1.82, 2.24) is 10.9 Å². The first kappa shape index (κ1) is 18.3. The van der Waals surface area contributed by atoms with E-state index in [1.165, 1.54) is 0 Å². The first-order valence-corrected chi connectivity index (χ1v) is 8.16. The molecule has 0 spiro atoms. The van der Waals surface area contributed by atoms with Crippen molar-refractivity contribution in [2.45, 2.75) is 20.3 Å². The second-order valence-corrected chi connectivity index (χ2v) is 5.21. The molecule has 0 fully saturated rings. The lowest BCUT2D eigenvalue weighted by Gasteiger charge is -2.09. The molecule has 2 aromatic carbocycles. The van der Waals surface area contributed by atoms with Crippen molar-refractivity contribution in [2.75, 3.05) is 13.2 Å². The van der Waals surface area contributed by atoms with Crippen LogP contribution in [0.15, 0.2) is 48.5 Å². The molecule has 0 unspecified atom stereocenters. The molecule has 0 aliphatic heterocycles. The molecule has 0 aliphatic carbocycles. The number of hydrogen-bond acceptors (Lipinski definition) is 4. The van der Waals surface area contributed by atoms with E-state index in [0.717, 1.165) is 11.3 Å². The van der Waals surface area contributed by atoms with Crippen molar-refractivity contribution in [3.8, 4) is 11.5 Å². The Bertz CT molecular complexity index is 696. The van der Waals surface area contributed by atoms with E-state index < -0.39 is 0 Å². The van der Waals surface area contributed by atoms with Crippen LogP contribution in [0.2, 0.25) is 0 Å². The van der Waals surface area contributed by atoms with Gasteiger partial charge in [0.05, 0.1) is 19.6 Å². The van der Waals surface area contributed by atoms with Crippen LogP contribution in [0.1, 0.15) is 29.8 Å². The number of carbonyl (C=O) groups is 2. The van der Waals surface area contributed by atoms with Gasteiger partial charge in [-0.05, 0) is 55.8 Å². The van der Waals surface area contributed by atoms with Gasteiger partial charge in [0.2, 0.25) is 5.91 Å². The Morgan fingerprint density at radius 2 is 1.32 bits per heavy atom. The standard InChI is InChI=1S/C19H22N2O4/c1-3-24-16-9-5-14(6-10-16)13-18(22)20-21-19(23)15-7-11-17(12-8-15)25-4-2/h5-12H,3-4,13H2,1-2H3,(H,20,22)(H,21,23). The predicted molar refractivity (Wildman–Crippen MR) is 94.5 cm³/mol. The zero-order valence-electron chi connectivity index (χ0n) is 14.4. The Labute approximate surface area is 147 Å². The summed E-state index contributed by atoms with van der Waals surface area (Å²) in [4.78, 5) is 23.9. The van der Waals surface area contributed by atoms with Crippen LogP contribution in [0.3, 0.4) is 0 Å². The maximum atomic E-state index is 12.0. The van der Waals surface area contributed by atoms with Crippen molar-refractivity contribution >= 4 is 11.8 Å². The number of ether oxygens (including phenoxy) is 2. The number of hydrazine groups is 1. The molecule has 2 N–H and O–H groups in total. The molecule has 0 atom stereocenters. The zero-order chi connectivity index (χ0) is 18.1. The van der Waals surface area contributed by atoms with Gasteiger partial charge in [-0.2, -0.15) is 0 Å². The van der Waals surface area contributed by atoms with E-state index in [1.54, 1.807) is 24.3 Å². The molecule has 0 aliphatic rings. The molecule has 25 heavy (non-hydrogen) atoms. The Kier molecular flexibility index (Phi) is 6.83. The molecule has 0 saturated carbocycles. The van der Waals surface area contributed by atoms with E-state index >= 15 is 0 Å². The van der Waals surface area contributed by atoms with E-state index in [2.05, 4.69) is 10.9 Å². The first-order valence-electron chi connectivity index (χ1n) is 8.16. The minimum Gasteiger partial charge on any atom is -0.494 e. The van der Waals surface area contributed by atoms with Crippen LogP contribution in [0.4, 0.5) is 0 Å². The molecule has 0 aromatic heterocycles. The highest BCUT2D eigenvalue weighted by atomic mass is 16.5. The normalized spacial score (nSPS) is 10.0. The van der Waals surface area contributed by atoms with Crippen LogP contribution in [-0.2, 0) is 11.2 Å². The zero-order valence-corrected chi connectivity index (χ0v) is 14.4. The largest absolute Gasteiger partial charge is 0.494 e. The van der Waals surface area contributed by atoms with E-state index in [0.29, 0.717) is 24.5 Å². The summed E-state index contributed by atoms with van der Waals surface area (Å²) in [5.74, 6) is 0.764. The monoisotopic (exact) mass is 342 g/mol.